The summed E-state index contributed by atoms with van der Waals surface area (Å²) in [5.41, 5.74) is 1.82. The molecule has 2 rings (SSSR count). The fraction of sp³-hybridized carbons (Fsp3) is 0.412. The lowest BCUT2D eigenvalue weighted by Gasteiger charge is -2.29. The molecular weight excluding hydrogens is 264 g/mol. The highest BCUT2D eigenvalue weighted by Gasteiger charge is 2.31. The molecule has 1 heterocycles. The largest absolute Gasteiger partial charge is 0.468 e. The third kappa shape index (κ3) is 3.58. The number of fused-ring (bicyclic) bond motifs is 1. The van der Waals surface area contributed by atoms with Crippen molar-refractivity contribution in [3.8, 4) is 0 Å². The fourth-order valence-corrected chi connectivity index (χ4v) is 2.38. The van der Waals surface area contributed by atoms with Crippen LogP contribution in [0.25, 0.3) is 10.9 Å². The van der Waals surface area contributed by atoms with Gasteiger partial charge in [0.25, 0.3) is 0 Å². The van der Waals surface area contributed by atoms with Crippen LogP contribution in [-0.4, -0.2) is 24.1 Å². The van der Waals surface area contributed by atoms with Crippen molar-refractivity contribution in [3.05, 3.63) is 42.1 Å². The zero-order valence-electron chi connectivity index (χ0n) is 13.0. The van der Waals surface area contributed by atoms with E-state index >= 15 is 0 Å². The molecule has 0 saturated carbocycles. The van der Waals surface area contributed by atoms with Crippen LogP contribution in [0.2, 0.25) is 0 Å². The summed E-state index contributed by atoms with van der Waals surface area (Å²) < 4.78 is 4.90. The summed E-state index contributed by atoms with van der Waals surface area (Å²) in [6, 6.07) is 9.67. The molecule has 4 nitrogen and oxygen atoms in total. The number of carbonyl (C=O) groups is 1. The van der Waals surface area contributed by atoms with Crippen molar-refractivity contribution in [3.63, 3.8) is 0 Å². The first-order valence-electron chi connectivity index (χ1n) is 7.07. The van der Waals surface area contributed by atoms with Gasteiger partial charge in [0.2, 0.25) is 0 Å². The van der Waals surface area contributed by atoms with Crippen molar-refractivity contribution in [2.24, 2.45) is 5.41 Å². The first-order chi connectivity index (χ1) is 9.93. The van der Waals surface area contributed by atoms with E-state index in [0.29, 0.717) is 6.54 Å². The Balaban J connectivity index is 2.22. The molecule has 1 aromatic carbocycles. The van der Waals surface area contributed by atoms with Gasteiger partial charge in [0.1, 0.15) is 6.04 Å². The Kier molecular flexibility index (Phi) is 4.58. The highest BCUT2D eigenvalue weighted by molar-refractivity contribution is 5.81. The number of hydrogen-bond donors (Lipinski definition) is 1. The average Bonchev–Trinajstić information content (AvgIpc) is 2.46. The van der Waals surface area contributed by atoms with Gasteiger partial charge in [-0.25, -0.2) is 0 Å². The van der Waals surface area contributed by atoms with Crippen molar-refractivity contribution in [2.75, 3.05) is 7.11 Å². The van der Waals surface area contributed by atoms with E-state index in [1.54, 1.807) is 6.20 Å². The summed E-state index contributed by atoms with van der Waals surface area (Å²) >= 11 is 0. The predicted molar refractivity (Wildman–Crippen MR) is 83.8 cm³/mol. The monoisotopic (exact) mass is 286 g/mol. The SMILES string of the molecule is COC(=O)C(NCc1cccc2cccnc12)C(C)(C)C. The lowest BCUT2D eigenvalue weighted by molar-refractivity contribution is -0.146. The standard InChI is InChI=1S/C17H22N2O2/c1-17(2,3)15(16(20)21-4)19-11-13-8-5-7-12-9-6-10-18-14(12)13/h5-10,15,19H,11H2,1-4H3. The van der Waals surface area contributed by atoms with Crippen LogP contribution in [0.1, 0.15) is 26.3 Å². The van der Waals surface area contributed by atoms with E-state index in [9.17, 15) is 4.79 Å². The molecule has 2 aromatic rings. The lowest BCUT2D eigenvalue weighted by atomic mass is 9.86. The number of esters is 1. The van der Waals surface area contributed by atoms with Gasteiger partial charge in [0.15, 0.2) is 0 Å². The molecule has 0 aliphatic heterocycles. The average molecular weight is 286 g/mol. The second kappa shape index (κ2) is 6.22. The van der Waals surface area contributed by atoms with Crippen LogP contribution in [-0.2, 0) is 16.1 Å². The highest BCUT2D eigenvalue weighted by Crippen LogP contribution is 2.22. The van der Waals surface area contributed by atoms with E-state index < -0.39 is 0 Å². The molecule has 4 heteroatoms. The van der Waals surface area contributed by atoms with Gasteiger partial charge in [-0.2, -0.15) is 0 Å². The van der Waals surface area contributed by atoms with Gasteiger partial charge in [-0.3, -0.25) is 15.1 Å². The van der Waals surface area contributed by atoms with E-state index in [1.807, 2.05) is 51.1 Å². The summed E-state index contributed by atoms with van der Waals surface area (Å²) in [4.78, 5) is 16.4. The maximum absolute atomic E-state index is 11.9. The summed E-state index contributed by atoms with van der Waals surface area (Å²) in [5, 5.41) is 4.40. The second-order valence-corrected chi connectivity index (χ2v) is 6.20. The van der Waals surface area contributed by atoms with Crippen molar-refractivity contribution in [2.45, 2.75) is 33.4 Å². The Bertz CT molecular complexity index is 627. The number of methoxy groups -OCH3 is 1. The molecule has 21 heavy (non-hydrogen) atoms. The van der Waals surface area contributed by atoms with Crippen LogP contribution < -0.4 is 5.32 Å². The number of rotatable bonds is 4. The summed E-state index contributed by atoms with van der Waals surface area (Å²) in [7, 11) is 1.42. The molecule has 0 amide bonds. The quantitative estimate of drug-likeness (QED) is 0.878. The molecule has 0 aliphatic rings. The fourth-order valence-electron chi connectivity index (χ4n) is 2.38. The maximum atomic E-state index is 11.9. The predicted octanol–water partition coefficient (Wildman–Crippen LogP) is 2.91. The van der Waals surface area contributed by atoms with Gasteiger partial charge in [-0.15, -0.1) is 0 Å². The van der Waals surface area contributed by atoms with E-state index in [4.69, 9.17) is 4.74 Å². The number of para-hydroxylation sites is 1. The van der Waals surface area contributed by atoms with Gasteiger partial charge < -0.3 is 4.74 Å². The smallest absolute Gasteiger partial charge is 0.323 e. The van der Waals surface area contributed by atoms with Crippen LogP contribution >= 0.6 is 0 Å². The van der Waals surface area contributed by atoms with Crippen molar-refractivity contribution in [1.82, 2.24) is 10.3 Å². The Morgan fingerprint density at radius 3 is 2.67 bits per heavy atom. The molecular formula is C17H22N2O2. The Hall–Kier alpha value is -1.94. The molecule has 0 fully saturated rings. The minimum atomic E-state index is -0.360. The van der Waals surface area contributed by atoms with Crippen LogP contribution in [0.5, 0.6) is 0 Å². The molecule has 1 N–H and O–H groups in total. The van der Waals surface area contributed by atoms with Crippen molar-refractivity contribution >= 4 is 16.9 Å². The molecule has 1 unspecified atom stereocenters. The summed E-state index contributed by atoms with van der Waals surface area (Å²) in [5.74, 6) is -0.240. The number of nitrogens with one attached hydrogen (secondary N) is 1. The number of pyridine rings is 1. The van der Waals surface area contributed by atoms with Gasteiger partial charge in [-0.05, 0) is 17.0 Å². The maximum Gasteiger partial charge on any atom is 0.323 e. The molecule has 0 bridgehead atoms. The van der Waals surface area contributed by atoms with Crippen LogP contribution in [0.4, 0.5) is 0 Å². The number of aromatic nitrogens is 1. The number of hydrogen-bond acceptors (Lipinski definition) is 4. The number of benzene rings is 1. The summed E-state index contributed by atoms with van der Waals surface area (Å²) in [6.45, 7) is 6.63. The molecule has 0 radical (unpaired) electrons. The molecule has 1 aromatic heterocycles. The number of nitrogens with zero attached hydrogens (tertiary/aromatic N) is 1. The van der Waals surface area contributed by atoms with E-state index in [2.05, 4.69) is 10.3 Å². The van der Waals surface area contributed by atoms with Crippen molar-refractivity contribution in [1.29, 1.82) is 0 Å². The molecule has 1 atom stereocenters. The van der Waals surface area contributed by atoms with Crippen molar-refractivity contribution < 1.29 is 9.53 Å². The number of carbonyl (C=O) groups excluding carboxylic acids is 1. The third-order valence-corrected chi connectivity index (χ3v) is 3.52. The van der Waals surface area contributed by atoms with Gasteiger partial charge in [0, 0.05) is 18.1 Å². The van der Waals surface area contributed by atoms with Gasteiger partial charge >= 0.3 is 5.97 Å². The topological polar surface area (TPSA) is 51.2 Å². The molecule has 0 aliphatic carbocycles. The van der Waals surface area contributed by atoms with Crippen LogP contribution in [0.15, 0.2) is 36.5 Å². The zero-order chi connectivity index (χ0) is 15.5. The Morgan fingerprint density at radius 1 is 1.29 bits per heavy atom. The molecule has 0 spiro atoms. The Labute approximate surface area is 125 Å². The van der Waals surface area contributed by atoms with Crippen LogP contribution in [0, 0.1) is 5.41 Å². The minimum absolute atomic E-state index is 0.217. The Morgan fingerprint density at radius 2 is 2.00 bits per heavy atom. The highest BCUT2D eigenvalue weighted by atomic mass is 16.5. The van der Waals surface area contributed by atoms with E-state index in [1.165, 1.54) is 7.11 Å². The molecule has 0 saturated heterocycles. The second-order valence-electron chi connectivity index (χ2n) is 6.20. The third-order valence-electron chi connectivity index (χ3n) is 3.52. The van der Waals surface area contributed by atoms with Gasteiger partial charge in [-0.1, -0.05) is 45.0 Å². The van der Waals surface area contributed by atoms with Gasteiger partial charge in [0.05, 0.1) is 12.6 Å². The normalized spacial score (nSPS) is 13.1. The first kappa shape index (κ1) is 15.4. The first-order valence-corrected chi connectivity index (χ1v) is 7.07. The van der Waals surface area contributed by atoms with E-state index in [-0.39, 0.29) is 17.4 Å². The van der Waals surface area contributed by atoms with Crippen LogP contribution in [0.3, 0.4) is 0 Å². The minimum Gasteiger partial charge on any atom is -0.468 e. The summed E-state index contributed by atoms with van der Waals surface area (Å²) in [6.07, 6.45) is 1.79. The van der Waals surface area contributed by atoms with E-state index in [0.717, 1.165) is 16.5 Å². The number of ether oxygens (including phenoxy) is 1. The lowest BCUT2D eigenvalue weighted by Crippen LogP contribution is -2.46. The molecule has 112 valence electrons. The zero-order valence-corrected chi connectivity index (χ0v) is 13.0.